The molecule has 1 aliphatic rings. The summed E-state index contributed by atoms with van der Waals surface area (Å²) >= 11 is 15.3. The van der Waals surface area contributed by atoms with E-state index in [2.05, 4.69) is 20.7 Å². The summed E-state index contributed by atoms with van der Waals surface area (Å²) in [4.78, 5) is -0.147. The average Bonchev–Trinajstić information content (AvgIpc) is 2.51. The van der Waals surface area contributed by atoms with Crippen molar-refractivity contribution >= 4 is 49.2 Å². The molecule has 0 unspecified atom stereocenters. The van der Waals surface area contributed by atoms with Crippen molar-refractivity contribution in [1.29, 1.82) is 0 Å². The Labute approximate surface area is 158 Å². The van der Waals surface area contributed by atoms with Gasteiger partial charge in [-0.2, -0.15) is 0 Å². The fourth-order valence-corrected chi connectivity index (χ4v) is 5.18. The summed E-state index contributed by atoms with van der Waals surface area (Å²) in [5.41, 5.74) is 0.729. The molecule has 3 rings (SSSR count). The van der Waals surface area contributed by atoms with Gasteiger partial charge in [-0.25, -0.2) is 13.1 Å². The fraction of sp³-hybridized carbons (Fsp3) is 0.200. The normalized spacial score (nSPS) is 13.8. The maximum Gasteiger partial charge on any atom is 0.243 e. The van der Waals surface area contributed by atoms with E-state index < -0.39 is 10.0 Å². The van der Waals surface area contributed by atoms with Crippen molar-refractivity contribution in [3.8, 4) is 11.5 Å². The highest BCUT2D eigenvalue weighted by Crippen LogP contribution is 2.33. The first kappa shape index (κ1) is 17.8. The van der Waals surface area contributed by atoms with Crippen LogP contribution in [0.4, 0.5) is 0 Å². The second kappa shape index (κ2) is 7.09. The average molecular weight is 453 g/mol. The number of fused-ring (bicyclic) bond motifs is 1. The Balaban J connectivity index is 1.81. The third-order valence-electron chi connectivity index (χ3n) is 3.30. The molecule has 0 saturated heterocycles. The number of hydrogen-bond acceptors (Lipinski definition) is 4. The molecular formula is C15H12BrCl2NO4S. The molecule has 0 aromatic heterocycles. The van der Waals surface area contributed by atoms with Crippen LogP contribution >= 0.6 is 39.1 Å². The molecule has 24 heavy (non-hydrogen) atoms. The van der Waals surface area contributed by atoms with Crippen LogP contribution in [0.5, 0.6) is 11.5 Å². The number of hydrogen-bond donors (Lipinski definition) is 1. The minimum absolute atomic E-state index is 0.0454. The van der Waals surface area contributed by atoms with Crippen LogP contribution in [0.25, 0.3) is 0 Å². The Kier molecular flexibility index (Phi) is 5.27. The number of benzene rings is 2. The van der Waals surface area contributed by atoms with Crippen molar-refractivity contribution in [3.05, 3.63) is 50.4 Å². The summed E-state index contributed by atoms with van der Waals surface area (Å²) in [7, 11) is -3.86. The van der Waals surface area contributed by atoms with Crippen LogP contribution < -0.4 is 14.2 Å². The summed E-state index contributed by atoms with van der Waals surface area (Å²) in [5, 5.41) is 0.0908. The van der Waals surface area contributed by atoms with E-state index in [9.17, 15) is 8.42 Å². The van der Waals surface area contributed by atoms with Crippen molar-refractivity contribution in [2.24, 2.45) is 0 Å². The van der Waals surface area contributed by atoms with Crippen molar-refractivity contribution in [2.75, 3.05) is 13.2 Å². The Morgan fingerprint density at radius 1 is 1.04 bits per heavy atom. The molecule has 9 heteroatoms. The van der Waals surface area contributed by atoms with Gasteiger partial charge < -0.3 is 9.47 Å². The first-order valence-electron chi connectivity index (χ1n) is 6.89. The molecule has 5 nitrogen and oxygen atoms in total. The lowest BCUT2D eigenvalue weighted by atomic mass is 10.2. The topological polar surface area (TPSA) is 64.6 Å². The first-order valence-corrected chi connectivity index (χ1v) is 9.93. The molecule has 1 aliphatic heterocycles. The zero-order valence-corrected chi connectivity index (χ0v) is 16.1. The van der Waals surface area contributed by atoms with Gasteiger partial charge in [0.25, 0.3) is 0 Å². The molecule has 0 aliphatic carbocycles. The number of ether oxygens (including phenoxy) is 2. The zero-order chi connectivity index (χ0) is 17.3. The Hall–Kier alpha value is -0.990. The summed E-state index contributed by atoms with van der Waals surface area (Å²) in [6.45, 7) is 1.04. The second-order valence-corrected chi connectivity index (χ2v) is 8.43. The van der Waals surface area contributed by atoms with Crippen molar-refractivity contribution in [3.63, 3.8) is 0 Å². The highest BCUT2D eigenvalue weighted by molar-refractivity contribution is 9.10. The van der Waals surface area contributed by atoms with Crippen LogP contribution in [0.15, 0.2) is 39.7 Å². The molecule has 0 spiro atoms. The summed E-state index contributed by atoms with van der Waals surface area (Å²) in [6, 6.07) is 8.21. The minimum Gasteiger partial charge on any atom is -0.486 e. The highest BCUT2D eigenvalue weighted by Gasteiger charge is 2.22. The Bertz CT molecular complexity index is 866. The van der Waals surface area contributed by atoms with Crippen molar-refractivity contribution in [2.45, 2.75) is 11.4 Å². The standard InChI is InChI=1S/C15H12BrCl2NO4S/c16-10-6-11(17)15(12(18)7-10)24(20,21)19-8-9-1-2-13-14(5-9)23-4-3-22-13/h1-2,5-7,19H,3-4,8H2. The van der Waals surface area contributed by atoms with E-state index in [4.69, 9.17) is 32.7 Å². The number of halogens is 3. The molecule has 128 valence electrons. The van der Waals surface area contributed by atoms with Gasteiger partial charge in [0, 0.05) is 11.0 Å². The van der Waals surface area contributed by atoms with Gasteiger partial charge in [-0.15, -0.1) is 0 Å². The smallest absolute Gasteiger partial charge is 0.243 e. The monoisotopic (exact) mass is 451 g/mol. The third kappa shape index (κ3) is 3.81. The molecular weight excluding hydrogens is 441 g/mol. The van der Waals surface area contributed by atoms with E-state index in [1.807, 2.05) is 0 Å². The van der Waals surface area contributed by atoms with Gasteiger partial charge in [0.1, 0.15) is 18.1 Å². The van der Waals surface area contributed by atoms with Gasteiger partial charge in [-0.3, -0.25) is 0 Å². The van der Waals surface area contributed by atoms with E-state index in [1.54, 1.807) is 18.2 Å². The van der Waals surface area contributed by atoms with E-state index in [0.29, 0.717) is 29.2 Å². The molecule has 0 fully saturated rings. The van der Waals surface area contributed by atoms with Crippen LogP contribution in [0, 0.1) is 0 Å². The van der Waals surface area contributed by atoms with Crippen molar-refractivity contribution < 1.29 is 17.9 Å². The Morgan fingerprint density at radius 3 is 2.33 bits per heavy atom. The van der Waals surface area contributed by atoms with Gasteiger partial charge in [0.2, 0.25) is 10.0 Å². The molecule has 0 atom stereocenters. The summed E-state index contributed by atoms with van der Waals surface area (Å²) in [6.07, 6.45) is 0. The first-order chi connectivity index (χ1) is 11.4. The molecule has 0 saturated carbocycles. The van der Waals surface area contributed by atoms with Gasteiger partial charge in [0.05, 0.1) is 10.0 Å². The molecule has 1 heterocycles. The predicted octanol–water partition coefficient (Wildman–Crippen LogP) is 4.01. The quantitative estimate of drug-likeness (QED) is 0.761. The summed E-state index contributed by atoms with van der Waals surface area (Å²) in [5.74, 6) is 1.24. The zero-order valence-electron chi connectivity index (χ0n) is 12.2. The van der Waals surface area contributed by atoms with E-state index in [-0.39, 0.29) is 21.5 Å². The fourth-order valence-electron chi connectivity index (χ4n) is 2.23. The van der Waals surface area contributed by atoms with E-state index in [1.165, 1.54) is 12.1 Å². The van der Waals surface area contributed by atoms with Crippen LogP contribution in [-0.2, 0) is 16.6 Å². The molecule has 2 aromatic carbocycles. The Morgan fingerprint density at radius 2 is 1.67 bits per heavy atom. The van der Waals surface area contributed by atoms with Gasteiger partial charge in [0.15, 0.2) is 11.5 Å². The molecule has 0 bridgehead atoms. The van der Waals surface area contributed by atoms with Crippen LogP contribution in [0.3, 0.4) is 0 Å². The molecule has 2 aromatic rings. The lowest BCUT2D eigenvalue weighted by Gasteiger charge is -2.19. The summed E-state index contributed by atoms with van der Waals surface area (Å²) < 4.78 is 39.0. The number of rotatable bonds is 4. The number of nitrogens with one attached hydrogen (secondary N) is 1. The van der Waals surface area contributed by atoms with Crippen LogP contribution in [-0.4, -0.2) is 21.6 Å². The third-order valence-corrected chi connectivity index (χ3v) is 6.08. The largest absolute Gasteiger partial charge is 0.486 e. The van der Waals surface area contributed by atoms with Gasteiger partial charge in [-0.05, 0) is 29.8 Å². The molecule has 0 radical (unpaired) electrons. The second-order valence-electron chi connectivity index (χ2n) is 5.00. The highest BCUT2D eigenvalue weighted by atomic mass is 79.9. The minimum atomic E-state index is -3.86. The lowest BCUT2D eigenvalue weighted by molar-refractivity contribution is 0.171. The molecule has 1 N–H and O–H groups in total. The lowest BCUT2D eigenvalue weighted by Crippen LogP contribution is -2.24. The number of sulfonamides is 1. The van der Waals surface area contributed by atoms with Gasteiger partial charge in [-0.1, -0.05) is 45.2 Å². The SMILES string of the molecule is O=S(=O)(NCc1ccc2c(c1)OCCO2)c1c(Cl)cc(Br)cc1Cl. The molecule has 0 amide bonds. The van der Waals surface area contributed by atoms with E-state index in [0.717, 1.165) is 5.56 Å². The van der Waals surface area contributed by atoms with E-state index >= 15 is 0 Å². The maximum atomic E-state index is 12.5. The van der Waals surface area contributed by atoms with Crippen molar-refractivity contribution in [1.82, 2.24) is 4.72 Å². The van der Waals surface area contributed by atoms with Gasteiger partial charge >= 0.3 is 0 Å². The van der Waals surface area contributed by atoms with Crippen LogP contribution in [0.1, 0.15) is 5.56 Å². The maximum absolute atomic E-state index is 12.5. The van der Waals surface area contributed by atoms with Crippen LogP contribution in [0.2, 0.25) is 10.0 Å². The predicted molar refractivity (Wildman–Crippen MR) is 95.6 cm³/mol.